The Bertz CT molecular complexity index is 1250. The number of halogens is 1. The summed E-state index contributed by atoms with van der Waals surface area (Å²) in [6.07, 6.45) is 2.81. The van der Waals surface area contributed by atoms with E-state index in [2.05, 4.69) is 23.2 Å². The third-order valence-electron chi connectivity index (χ3n) is 6.41. The predicted octanol–water partition coefficient (Wildman–Crippen LogP) is 3.91. The summed E-state index contributed by atoms with van der Waals surface area (Å²) in [5.74, 6) is 1.33. The van der Waals surface area contributed by atoms with Gasteiger partial charge in [0.1, 0.15) is 5.75 Å². The number of nitrogens with two attached hydrogens (primary N) is 1. The fourth-order valence-corrected chi connectivity index (χ4v) is 5.64. The van der Waals surface area contributed by atoms with E-state index >= 15 is 0 Å². The second kappa shape index (κ2) is 11.3. The van der Waals surface area contributed by atoms with Crippen molar-refractivity contribution in [3.63, 3.8) is 0 Å². The van der Waals surface area contributed by atoms with Gasteiger partial charge in [0, 0.05) is 69.0 Å². The van der Waals surface area contributed by atoms with Crippen LogP contribution in [-0.2, 0) is 15.6 Å². The number of nitrogens with zero attached hydrogens (tertiary/aromatic N) is 1. The number of anilines is 1. The van der Waals surface area contributed by atoms with Gasteiger partial charge in [-0.05, 0) is 67.5 Å². The number of hydrogen-bond donors (Lipinski definition) is 2. The molecule has 2 aliphatic rings. The van der Waals surface area contributed by atoms with Crippen molar-refractivity contribution in [1.82, 2.24) is 10.2 Å². The number of carbonyl (C=O) groups excluding carboxylic acids is 2. The van der Waals surface area contributed by atoms with Crippen molar-refractivity contribution in [1.29, 1.82) is 0 Å². The average molecular weight is 528 g/mol. The topological polar surface area (TPSA) is 102 Å². The molecule has 0 aromatic heterocycles. The molecule has 0 bridgehead atoms. The molecule has 1 heterocycles. The summed E-state index contributed by atoms with van der Waals surface area (Å²) in [4.78, 5) is 28.1. The molecule has 1 aliphatic carbocycles. The molecule has 1 unspecified atom stereocenters. The summed E-state index contributed by atoms with van der Waals surface area (Å²) in [7, 11) is -0.722. The molecular weight excluding hydrogens is 498 g/mol. The lowest BCUT2D eigenvalue weighted by atomic mass is 9.91. The molecule has 1 atom stereocenters. The highest BCUT2D eigenvalue weighted by molar-refractivity contribution is 7.85. The highest BCUT2D eigenvalue weighted by atomic mass is 35.5. The van der Waals surface area contributed by atoms with E-state index in [1.165, 1.54) is 11.8 Å². The van der Waals surface area contributed by atoms with Crippen LogP contribution in [0.2, 0.25) is 5.02 Å². The molecule has 1 saturated heterocycles. The summed E-state index contributed by atoms with van der Waals surface area (Å²) in [5, 5.41) is 3.37. The maximum atomic E-state index is 13.0. The zero-order valence-electron chi connectivity index (χ0n) is 20.4. The largest absolute Gasteiger partial charge is 0.483 e. The zero-order chi connectivity index (χ0) is 25.8. The lowest BCUT2D eigenvalue weighted by Crippen LogP contribution is -2.40. The third-order valence-corrected chi connectivity index (χ3v) is 7.92. The Morgan fingerprint density at radius 1 is 1.17 bits per heavy atom. The van der Waals surface area contributed by atoms with Crippen molar-refractivity contribution >= 4 is 39.8 Å². The molecule has 1 aliphatic heterocycles. The van der Waals surface area contributed by atoms with Crippen molar-refractivity contribution in [3.05, 3.63) is 81.7 Å². The van der Waals surface area contributed by atoms with Crippen LogP contribution in [0.1, 0.15) is 36.2 Å². The number of ether oxygens (including phenoxy) is 1. The number of carbonyl (C=O) groups is 2. The normalized spacial score (nSPS) is 18.6. The van der Waals surface area contributed by atoms with E-state index in [0.29, 0.717) is 34.2 Å². The maximum absolute atomic E-state index is 13.0. The minimum absolute atomic E-state index is 0.233. The second-order valence-electron chi connectivity index (χ2n) is 9.10. The average Bonchev–Trinajstić information content (AvgIpc) is 2.86. The molecule has 2 aromatic carbocycles. The first-order valence-corrected chi connectivity index (χ1v) is 13.7. The number of benzene rings is 2. The Labute approximate surface area is 218 Å². The number of nitrogens with one attached hydrogen (secondary N) is 1. The Morgan fingerprint density at radius 2 is 1.86 bits per heavy atom. The van der Waals surface area contributed by atoms with Gasteiger partial charge in [-0.15, -0.1) is 0 Å². The van der Waals surface area contributed by atoms with Crippen LogP contribution in [0.5, 0.6) is 5.75 Å². The van der Waals surface area contributed by atoms with Crippen LogP contribution >= 0.6 is 11.6 Å². The molecule has 2 aromatic rings. The zero-order valence-corrected chi connectivity index (χ0v) is 22.0. The lowest BCUT2D eigenvalue weighted by Gasteiger charge is -2.36. The van der Waals surface area contributed by atoms with Crippen molar-refractivity contribution in [2.45, 2.75) is 20.3 Å². The monoisotopic (exact) mass is 527 g/mol. The van der Waals surface area contributed by atoms with Gasteiger partial charge in [0.15, 0.2) is 12.4 Å². The number of ketones is 1. The Hall–Kier alpha value is -3.10. The first-order valence-electron chi connectivity index (χ1n) is 11.8. The maximum Gasteiger partial charge on any atom is 0.262 e. The Balaban J connectivity index is 1.42. The molecule has 9 heteroatoms. The van der Waals surface area contributed by atoms with Crippen LogP contribution in [0, 0.1) is 5.92 Å². The Kier molecular flexibility index (Phi) is 8.16. The van der Waals surface area contributed by atoms with Gasteiger partial charge in [-0.1, -0.05) is 18.5 Å². The molecule has 4 rings (SSSR count). The molecule has 190 valence electrons. The van der Waals surface area contributed by atoms with Gasteiger partial charge >= 0.3 is 0 Å². The molecule has 36 heavy (non-hydrogen) atoms. The first-order chi connectivity index (χ1) is 17.2. The minimum atomic E-state index is -0.722. The SMILES string of the molecule is CC1=C(NC(=O)COc2ccc(Cl)cc2C(=O)c2ccc(N)cc2)CC(C)C(N2CCS(=O)CC2)=C1. The van der Waals surface area contributed by atoms with Gasteiger partial charge in [-0.25, -0.2) is 0 Å². The van der Waals surface area contributed by atoms with E-state index in [4.69, 9.17) is 22.1 Å². The van der Waals surface area contributed by atoms with E-state index in [0.717, 1.165) is 24.4 Å². The van der Waals surface area contributed by atoms with Gasteiger partial charge in [-0.2, -0.15) is 0 Å². The fraction of sp³-hybridized carbons (Fsp3) is 0.333. The van der Waals surface area contributed by atoms with Gasteiger partial charge < -0.3 is 20.7 Å². The summed E-state index contributed by atoms with van der Waals surface area (Å²) in [5.41, 5.74) is 10.1. The number of rotatable bonds is 7. The van der Waals surface area contributed by atoms with Gasteiger partial charge in [-0.3, -0.25) is 13.8 Å². The number of nitrogen functional groups attached to an aromatic ring is 1. The standard InChI is InChI=1S/C27H30ClN3O4S/c1-17-14-24(31-9-11-36(34)12-10-31)18(2)13-23(17)30-26(32)16-35-25-8-5-20(28)15-22(25)27(33)19-3-6-21(29)7-4-19/h3-8,14-15,18H,9-13,16,29H2,1-2H3,(H,30,32). The van der Waals surface area contributed by atoms with Gasteiger partial charge in [0.25, 0.3) is 5.91 Å². The van der Waals surface area contributed by atoms with E-state index in [1.54, 1.807) is 36.4 Å². The highest BCUT2D eigenvalue weighted by Crippen LogP contribution is 2.31. The molecule has 0 spiro atoms. The minimum Gasteiger partial charge on any atom is -0.483 e. The van der Waals surface area contributed by atoms with Crippen LogP contribution < -0.4 is 15.8 Å². The molecule has 1 amide bonds. The summed E-state index contributed by atoms with van der Waals surface area (Å²) >= 11 is 6.13. The Morgan fingerprint density at radius 3 is 2.56 bits per heavy atom. The summed E-state index contributed by atoms with van der Waals surface area (Å²) in [6, 6.07) is 11.3. The number of allylic oxidation sites excluding steroid dienone is 4. The molecule has 1 fully saturated rings. The molecule has 0 saturated carbocycles. The third kappa shape index (κ3) is 6.17. The quantitative estimate of drug-likeness (QED) is 0.418. The van der Waals surface area contributed by atoms with Crippen molar-refractivity contribution in [3.8, 4) is 5.75 Å². The number of amides is 1. The smallest absolute Gasteiger partial charge is 0.262 e. The second-order valence-corrected chi connectivity index (χ2v) is 11.2. The molecule has 7 nitrogen and oxygen atoms in total. The van der Waals surface area contributed by atoms with Crippen LogP contribution in [-0.4, -0.2) is 52.0 Å². The first kappa shape index (κ1) is 26.0. The van der Waals surface area contributed by atoms with E-state index in [9.17, 15) is 13.8 Å². The van der Waals surface area contributed by atoms with Crippen molar-refractivity contribution in [2.75, 3.05) is 36.9 Å². The lowest BCUT2D eigenvalue weighted by molar-refractivity contribution is -0.122. The predicted molar refractivity (Wildman–Crippen MR) is 143 cm³/mol. The van der Waals surface area contributed by atoms with Gasteiger partial charge in [0.2, 0.25) is 0 Å². The summed E-state index contributed by atoms with van der Waals surface area (Å²) in [6.45, 7) is 5.46. The van der Waals surface area contributed by atoms with Crippen molar-refractivity contribution in [2.24, 2.45) is 5.92 Å². The number of hydrogen-bond acceptors (Lipinski definition) is 6. The fourth-order valence-electron chi connectivity index (χ4n) is 4.41. The molecule has 3 N–H and O–H groups in total. The van der Waals surface area contributed by atoms with Gasteiger partial charge in [0.05, 0.1) is 5.56 Å². The van der Waals surface area contributed by atoms with E-state index in [1.807, 2.05) is 6.92 Å². The van der Waals surface area contributed by atoms with Crippen molar-refractivity contribution < 1.29 is 18.5 Å². The summed E-state index contributed by atoms with van der Waals surface area (Å²) < 4.78 is 17.5. The van der Waals surface area contributed by atoms with Crippen LogP contribution in [0.3, 0.4) is 0 Å². The van der Waals surface area contributed by atoms with Crippen LogP contribution in [0.4, 0.5) is 5.69 Å². The van der Waals surface area contributed by atoms with Crippen LogP contribution in [0.25, 0.3) is 0 Å². The van der Waals surface area contributed by atoms with E-state index < -0.39 is 10.8 Å². The highest BCUT2D eigenvalue weighted by Gasteiger charge is 2.26. The molecule has 0 radical (unpaired) electrons. The molecular formula is C27H30ClN3O4S. The van der Waals surface area contributed by atoms with E-state index in [-0.39, 0.29) is 35.5 Å². The van der Waals surface area contributed by atoms with Crippen LogP contribution in [0.15, 0.2) is 65.5 Å².